The lowest BCUT2D eigenvalue weighted by atomic mass is 10.1. The van der Waals surface area contributed by atoms with Gasteiger partial charge < -0.3 is 10.1 Å². The van der Waals surface area contributed by atoms with Crippen LogP contribution in [0, 0.1) is 13.8 Å². The Morgan fingerprint density at radius 1 is 0.923 bits per heavy atom. The van der Waals surface area contributed by atoms with E-state index in [2.05, 4.69) is 23.5 Å². The Labute approximate surface area is 154 Å². The smallest absolute Gasteiger partial charge is 0.255 e. The van der Waals surface area contributed by atoms with Crippen molar-refractivity contribution in [3.63, 3.8) is 0 Å². The van der Waals surface area contributed by atoms with Crippen LogP contribution in [0.25, 0.3) is 0 Å². The number of rotatable bonds is 6. The van der Waals surface area contributed by atoms with Gasteiger partial charge >= 0.3 is 0 Å². The van der Waals surface area contributed by atoms with Crippen molar-refractivity contribution >= 4 is 11.6 Å². The number of hydrogen-bond acceptors (Lipinski definition) is 2. The Morgan fingerprint density at radius 2 is 1.65 bits per heavy atom. The fourth-order valence-corrected chi connectivity index (χ4v) is 2.78. The quantitative estimate of drug-likeness (QED) is 0.669. The molecule has 3 heteroatoms. The summed E-state index contributed by atoms with van der Waals surface area (Å²) < 4.78 is 5.76. The van der Waals surface area contributed by atoms with Gasteiger partial charge in [0.2, 0.25) is 0 Å². The normalized spacial score (nSPS) is 10.4. The molecule has 1 N–H and O–H groups in total. The van der Waals surface area contributed by atoms with Crippen molar-refractivity contribution in [2.75, 3.05) is 11.9 Å². The van der Waals surface area contributed by atoms with E-state index in [-0.39, 0.29) is 5.91 Å². The Bertz CT molecular complexity index is 870. The molecule has 0 aliphatic heterocycles. The monoisotopic (exact) mass is 345 g/mol. The minimum Gasteiger partial charge on any atom is -0.493 e. The third kappa shape index (κ3) is 4.73. The molecule has 3 nitrogen and oxygen atoms in total. The van der Waals surface area contributed by atoms with Gasteiger partial charge in [-0.1, -0.05) is 48.0 Å². The van der Waals surface area contributed by atoms with Crippen LogP contribution in [0.2, 0.25) is 0 Å². The van der Waals surface area contributed by atoms with Crippen molar-refractivity contribution in [3.05, 3.63) is 95.1 Å². The Hall–Kier alpha value is -3.07. The zero-order valence-corrected chi connectivity index (χ0v) is 15.2. The minimum atomic E-state index is -0.118. The van der Waals surface area contributed by atoms with Crippen molar-refractivity contribution in [2.45, 2.75) is 20.3 Å². The molecule has 1 amide bonds. The van der Waals surface area contributed by atoms with E-state index in [4.69, 9.17) is 4.74 Å². The van der Waals surface area contributed by atoms with Crippen LogP contribution in [0.5, 0.6) is 5.75 Å². The highest BCUT2D eigenvalue weighted by atomic mass is 16.5. The first-order valence-electron chi connectivity index (χ1n) is 8.77. The topological polar surface area (TPSA) is 38.3 Å². The number of anilines is 1. The lowest BCUT2D eigenvalue weighted by Crippen LogP contribution is -2.12. The predicted octanol–water partition coefficient (Wildman–Crippen LogP) is 5.18. The Kier molecular flexibility index (Phi) is 5.69. The number of amides is 1. The first-order chi connectivity index (χ1) is 12.6. The lowest BCUT2D eigenvalue weighted by molar-refractivity contribution is 0.102. The molecule has 26 heavy (non-hydrogen) atoms. The Morgan fingerprint density at radius 3 is 2.35 bits per heavy atom. The van der Waals surface area contributed by atoms with E-state index in [1.807, 2.05) is 56.3 Å². The van der Waals surface area contributed by atoms with E-state index in [1.54, 1.807) is 12.1 Å². The average Bonchev–Trinajstić information content (AvgIpc) is 2.65. The maximum absolute atomic E-state index is 12.4. The van der Waals surface area contributed by atoms with Crippen molar-refractivity contribution in [1.29, 1.82) is 0 Å². The van der Waals surface area contributed by atoms with E-state index in [0.717, 1.165) is 23.4 Å². The largest absolute Gasteiger partial charge is 0.493 e. The van der Waals surface area contributed by atoms with Crippen LogP contribution >= 0.6 is 0 Å². The third-order valence-corrected chi connectivity index (χ3v) is 4.25. The second-order valence-electron chi connectivity index (χ2n) is 6.38. The van der Waals surface area contributed by atoms with Crippen LogP contribution in [0.4, 0.5) is 5.69 Å². The van der Waals surface area contributed by atoms with Crippen LogP contribution in [0.15, 0.2) is 72.8 Å². The molecule has 0 aromatic heterocycles. The van der Waals surface area contributed by atoms with Crippen molar-refractivity contribution in [2.24, 2.45) is 0 Å². The van der Waals surface area contributed by atoms with E-state index < -0.39 is 0 Å². The lowest BCUT2D eigenvalue weighted by Gasteiger charge is -2.10. The van der Waals surface area contributed by atoms with Crippen LogP contribution < -0.4 is 10.1 Å². The molecule has 0 saturated carbocycles. The summed E-state index contributed by atoms with van der Waals surface area (Å²) in [6, 6.07) is 23.5. The SMILES string of the molecule is Cc1ccc(NC(=O)c2ccc(OCCc3ccccc3)cc2)c(C)c1. The number of carbonyl (C=O) groups is 1. The highest BCUT2D eigenvalue weighted by Gasteiger charge is 2.08. The maximum Gasteiger partial charge on any atom is 0.255 e. The van der Waals surface area contributed by atoms with Crippen molar-refractivity contribution in [3.8, 4) is 5.75 Å². The summed E-state index contributed by atoms with van der Waals surface area (Å²) in [4.78, 5) is 12.4. The molecule has 3 aromatic carbocycles. The van der Waals surface area contributed by atoms with Gasteiger partial charge in [-0.15, -0.1) is 0 Å². The van der Waals surface area contributed by atoms with Gasteiger partial charge in [-0.2, -0.15) is 0 Å². The molecule has 132 valence electrons. The summed E-state index contributed by atoms with van der Waals surface area (Å²) in [7, 11) is 0. The summed E-state index contributed by atoms with van der Waals surface area (Å²) in [6.07, 6.45) is 0.857. The van der Waals surface area contributed by atoms with Gasteiger partial charge in [0, 0.05) is 17.7 Å². The molecule has 0 saturated heterocycles. The number of aryl methyl sites for hydroxylation is 2. The summed E-state index contributed by atoms with van der Waals surface area (Å²) >= 11 is 0. The molecule has 0 radical (unpaired) electrons. The van der Waals surface area contributed by atoms with Gasteiger partial charge in [0.15, 0.2) is 0 Å². The molecule has 0 fully saturated rings. The number of hydrogen-bond donors (Lipinski definition) is 1. The van der Waals surface area contributed by atoms with Crippen molar-refractivity contribution in [1.82, 2.24) is 0 Å². The van der Waals surface area contributed by atoms with Gasteiger partial charge in [0.1, 0.15) is 5.75 Å². The first kappa shape index (κ1) is 17.7. The number of benzene rings is 3. The van der Waals surface area contributed by atoms with E-state index >= 15 is 0 Å². The third-order valence-electron chi connectivity index (χ3n) is 4.25. The molecule has 0 bridgehead atoms. The van der Waals surface area contributed by atoms with E-state index in [0.29, 0.717) is 12.2 Å². The van der Waals surface area contributed by atoms with Crippen LogP contribution in [0.3, 0.4) is 0 Å². The standard InChI is InChI=1S/C23H23NO2/c1-17-8-13-22(18(2)16-17)24-23(25)20-9-11-21(12-10-20)26-15-14-19-6-4-3-5-7-19/h3-13,16H,14-15H2,1-2H3,(H,24,25). The van der Waals surface area contributed by atoms with E-state index in [9.17, 15) is 4.79 Å². The molecular formula is C23H23NO2. The number of ether oxygens (including phenoxy) is 1. The fraction of sp³-hybridized carbons (Fsp3) is 0.174. The summed E-state index contributed by atoms with van der Waals surface area (Å²) in [6.45, 7) is 4.64. The summed E-state index contributed by atoms with van der Waals surface area (Å²) in [5.41, 5.74) is 4.93. The molecule has 0 unspecified atom stereocenters. The molecule has 0 atom stereocenters. The van der Waals surface area contributed by atoms with Crippen LogP contribution in [0.1, 0.15) is 27.0 Å². The molecule has 3 aromatic rings. The molecule has 0 aliphatic carbocycles. The molecule has 0 aliphatic rings. The number of nitrogens with one attached hydrogen (secondary N) is 1. The minimum absolute atomic E-state index is 0.118. The fourth-order valence-electron chi connectivity index (χ4n) is 2.78. The average molecular weight is 345 g/mol. The maximum atomic E-state index is 12.4. The van der Waals surface area contributed by atoms with Gasteiger partial charge in [-0.3, -0.25) is 4.79 Å². The van der Waals surface area contributed by atoms with Gasteiger partial charge in [-0.05, 0) is 55.3 Å². The second kappa shape index (κ2) is 8.34. The molecular weight excluding hydrogens is 322 g/mol. The zero-order valence-electron chi connectivity index (χ0n) is 15.2. The predicted molar refractivity (Wildman–Crippen MR) is 106 cm³/mol. The van der Waals surface area contributed by atoms with Crippen LogP contribution in [-0.2, 0) is 6.42 Å². The highest BCUT2D eigenvalue weighted by Crippen LogP contribution is 2.18. The summed E-state index contributed by atoms with van der Waals surface area (Å²) in [5, 5.41) is 2.96. The molecule has 0 spiro atoms. The van der Waals surface area contributed by atoms with Gasteiger partial charge in [0.05, 0.1) is 6.61 Å². The van der Waals surface area contributed by atoms with Crippen LogP contribution in [-0.4, -0.2) is 12.5 Å². The van der Waals surface area contributed by atoms with Gasteiger partial charge in [0.25, 0.3) is 5.91 Å². The first-order valence-corrected chi connectivity index (χ1v) is 8.77. The van der Waals surface area contributed by atoms with Crippen molar-refractivity contribution < 1.29 is 9.53 Å². The number of carbonyl (C=O) groups excluding carboxylic acids is 1. The molecule has 0 heterocycles. The zero-order chi connectivity index (χ0) is 18.4. The molecule has 3 rings (SSSR count). The van der Waals surface area contributed by atoms with E-state index in [1.165, 1.54) is 11.1 Å². The van der Waals surface area contributed by atoms with Gasteiger partial charge in [-0.25, -0.2) is 0 Å². The second-order valence-corrected chi connectivity index (χ2v) is 6.38. The summed E-state index contributed by atoms with van der Waals surface area (Å²) in [5.74, 6) is 0.650. The highest BCUT2D eigenvalue weighted by molar-refractivity contribution is 6.04. The Balaban J connectivity index is 1.55.